The Labute approximate surface area is 160 Å². The molecule has 1 aromatic carbocycles. The molecular weight excluding hydrogens is 362 g/mol. The van der Waals surface area contributed by atoms with E-state index in [0.717, 1.165) is 10.4 Å². The van der Waals surface area contributed by atoms with Gasteiger partial charge in [0, 0.05) is 22.0 Å². The van der Waals surface area contributed by atoms with Gasteiger partial charge in [-0.3, -0.25) is 19.0 Å². The maximum atomic E-state index is 12.7. The first-order chi connectivity index (χ1) is 12.8. The van der Waals surface area contributed by atoms with Crippen molar-refractivity contribution < 1.29 is 9.59 Å². The molecule has 0 aliphatic carbocycles. The topological polar surface area (TPSA) is 81.1 Å². The number of amides is 1. The number of aromatic nitrogens is 2. The summed E-state index contributed by atoms with van der Waals surface area (Å²) in [4.78, 5) is 43.1. The minimum Gasteiger partial charge on any atom is -0.326 e. The van der Waals surface area contributed by atoms with E-state index in [-0.39, 0.29) is 29.7 Å². The first-order valence-electron chi connectivity index (χ1n) is 8.67. The van der Waals surface area contributed by atoms with Crippen molar-refractivity contribution in [2.75, 3.05) is 5.32 Å². The molecule has 7 heteroatoms. The highest BCUT2D eigenvalue weighted by Crippen LogP contribution is 2.25. The molecule has 0 saturated heterocycles. The third kappa shape index (κ3) is 3.83. The number of rotatable bonds is 5. The van der Waals surface area contributed by atoms with E-state index in [0.29, 0.717) is 21.5 Å². The van der Waals surface area contributed by atoms with Crippen LogP contribution in [0.2, 0.25) is 0 Å². The summed E-state index contributed by atoms with van der Waals surface area (Å²) in [5, 5.41) is 3.36. The Balaban J connectivity index is 1.80. The Hall–Kier alpha value is -2.80. The third-order valence-electron chi connectivity index (χ3n) is 4.47. The van der Waals surface area contributed by atoms with Gasteiger partial charge in [0.2, 0.25) is 5.91 Å². The Bertz CT molecular complexity index is 1080. The summed E-state index contributed by atoms with van der Waals surface area (Å²) in [5.41, 5.74) is 1.83. The lowest BCUT2D eigenvalue weighted by Crippen LogP contribution is -2.24. The van der Waals surface area contributed by atoms with Crippen LogP contribution in [0.4, 0.5) is 5.69 Å². The van der Waals surface area contributed by atoms with Gasteiger partial charge < -0.3 is 5.32 Å². The highest BCUT2D eigenvalue weighted by Gasteiger charge is 2.15. The summed E-state index contributed by atoms with van der Waals surface area (Å²) in [7, 11) is 0. The fourth-order valence-electron chi connectivity index (χ4n) is 2.65. The molecule has 3 aromatic rings. The van der Waals surface area contributed by atoms with Crippen LogP contribution < -0.4 is 10.9 Å². The Morgan fingerprint density at radius 1 is 1.19 bits per heavy atom. The molecule has 6 nitrogen and oxygen atoms in total. The van der Waals surface area contributed by atoms with Crippen LogP contribution in [0.3, 0.4) is 0 Å². The van der Waals surface area contributed by atoms with Gasteiger partial charge in [-0.15, -0.1) is 11.3 Å². The van der Waals surface area contributed by atoms with Crippen LogP contribution in [0.1, 0.15) is 34.6 Å². The van der Waals surface area contributed by atoms with Crippen molar-refractivity contribution in [1.82, 2.24) is 9.55 Å². The minimum atomic E-state index is -0.198. The van der Waals surface area contributed by atoms with Crippen molar-refractivity contribution in [1.29, 1.82) is 0 Å². The van der Waals surface area contributed by atoms with E-state index < -0.39 is 0 Å². The predicted molar refractivity (Wildman–Crippen MR) is 108 cm³/mol. The van der Waals surface area contributed by atoms with Gasteiger partial charge in [-0.1, -0.05) is 13.8 Å². The largest absolute Gasteiger partial charge is 0.326 e. The van der Waals surface area contributed by atoms with Crippen molar-refractivity contribution in [3.05, 3.63) is 57.0 Å². The second-order valence-corrected chi connectivity index (χ2v) is 7.99. The lowest BCUT2D eigenvalue weighted by atomic mass is 10.1. The normalized spacial score (nSPS) is 11.1. The number of carbonyl (C=O) groups excluding carboxylic acids is 2. The van der Waals surface area contributed by atoms with Gasteiger partial charge in [-0.05, 0) is 43.7 Å². The van der Waals surface area contributed by atoms with Crippen LogP contribution in [-0.2, 0) is 11.3 Å². The summed E-state index contributed by atoms with van der Waals surface area (Å²) in [6, 6.07) is 6.67. The second-order valence-electron chi connectivity index (χ2n) is 6.79. The molecular formula is C20H21N3O3S. The van der Waals surface area contributed by atoms with Crippen LogP contribution in [0.15, 0.2) is 35.4 Å². The van der Waals surface area contributed by atoms with E-state index >= 15 is 0 Å². The highest BCUT2D eigenvalue weighted by molar-refractivity contribution is 7.18. The molecule has 1 amide bonds. The van der Waals surface area contributed by atoms with Gasteiger partial charge in [0.05, 0.1) is 18.3 Å². The lowest BCUT2D eigenvalue weighted by Gasteiger charge is -2.09. The molecule has 0 bridgehead atoms. The predicted octanol–water partition coefficient (Wildman–Crippen LogP) is 3.55. The van der Waals surface area contributed by atoms with Gasteiger partial charge in [0.1, 0.15) is 4.83 Å². The van der Waals surface area contributed by atoms with Crippen LogP contribution >= 0.6 is 11.3 Å². The van der Waals surface area contributed by atoms with E-state index in [2.05, 4.69) is 10.3 Å². The zero-order valence-corrected chi connectivity index (χ0v) is 16.5. The highest BCUT2D eigenvalue weighted by atomic mass is 32.1. The number of Topliss-reactive ketones (excluding diaryl/α,β-unsaturated/α-hetero) is 1. The van der Waals surface area contributed by atoms with Crippen molar-refractivity contribution in [2.45, 2.75) is 34.2 Å². The Morgan fingerprint density at radius 3 is 2.48 bits per heavy atom. The van der Waals surface area contributed by atoms with Gasteiger partial charge in [-0.25, -0.2) is 4.98 Å². The van der Waals surface area contributed by atoms with Crippen LogP contribution in [0, 0.1) is 19.8 Å². The van der Waals surface area contributed by atoms with Crippen LogP contribution in [-0.4, -0.2) is 21.2 Å². The number of benzene rings is 1. The smallest absolute Gasteiger partial charge is 0.262 e. The van der Waals surface area contributed by atoms with E-state index in [4.69, 9.17) is 0 Å². The van der Waals surface area contributed by atoms with E-state index in [9.17, 15) is 14.4 Å². The number of hydrogen-bond donors (Lipinski definition) is 1. The van der Waals surface area contributed by atoms with Crippen molar-refractivity contribution in [3.8, 4) is 0 Å². The number of ketones is 1. The first-order valence-corrected chi connectivity index (χ1v) is 9.49. The third-order valence-corrected chi connectivity index (χ3v) is 5.58. The molecule has 0 aliphatic heterocycles. The number of nitrogens with one attached hydrogen (secondary N) is 1. The summed E-state index contributed by atoms with van der Waals surface area (Å²) in [5.74, 6) is -0.393. The van der Waals surface area contributed by atoms with Crippen molar-refractivity contribution >= 4 is 38.9 Å². The lowest BCUT2D eigenvalue weighted by molar-refractivity contribution is -0.118. The average Bonchev–Trinajstić information content (AvgIpc) is 2.92. The van der Waals surface area contributed by atoms with Crippen molar-refractivity contribution in [3.63, 3.8) is 0 Å². The van der Waals surface area contributed by atoms with E-state index in [1.807, 2.05) is 27.7 Å². The molecule has 0 aliphatic rings. The van der Waals surface area contributed by atoms with Crippen LogP contribution in [0.25, 0.3) is 10.2 Å². The van der Waals surface area contributed by atoms with Gasteiger partial charge in [0.15, 0.2) is 5.78 Å². The number of carbonyl (C=O) groups is 2. The second kappa shape index (κ2) is 7.44. The number of anilines is 1. The standard InChI is InChI=1S/C20H21N3O3S/c1-11(2)18(25)22-15-7-5-14(6-8-15)16(24)9-23-10-21-19-17(20(23)26)12(3)13(4)27-19/h5-8,10-11H,9H2,1-4H3,(H,22,25). The van der Waals surface area contributed by atoms with Crippen LogP contribution in [0.5, 0.6) is 0 Å². The fourth-order valence-corrected chi connectivity index (χ4v) is 3.64. The maximum Gasteiger partial charge on any atom is 0.262 e. The number of fused-ring (bicyclic) bond motifs is 1. The van der Waals surface area contributed by atoms with Gasteiger partial charge >= 0.3 is 0 Å². The number of aryl methyl sites for hydroxylation is 2. The van der Waals surface area contributed by atoms with E-state index in [1.54, 1.807) is 24.3 Å². The van der Waals surface area contributed by atoms with E-state index in [1.165, 1.54) is 22.2 Å². The molecule has 0 unspecified atom stereocenters. The summed E-state index contributed by atoms with van der Waals surface area (Å²) < 4.78 is 1.35. The first kappa shape index (κ1) is 19.0. The monoisotopic (exact) mass is 383 g/mol. The number of nitrogens with zero attached hydrogens (tertiary/aromatic N) is 2. The maximum absolute atomic E-state index is 12.7. The molecule has 0 fully saturated rings. The van der Waals surface area contributed by atoms with Gasteiger partial charge in [-0.2, -0.15) is 0 Å². The minimum absolute atomic E-state index is 0.0756. The molecule has 2 aromatic heterocycles. The molecule has 2 heterocycles. The average molecular weight is 383 g/mol. The number of thiophene rings is 1. The SMILES string of the molecule is Cc1sc2ncn(CC(=O)c3ccc(NC(=O)C(C)C)cc3)c(=O)c2c1C. The zero-order chi connectivity index (χ0) is 19.7. The molecule has 27 heavy (non-hydrogen) atoms. The summed E-state index contributed by atoms with van der Waals surface area (Å²) in [6.45, 7) is 7.40. The Morgan fingerprint density at radius 2 is 1.85 bits per heavy atom. The van der Waals surface area contributed by atoms with Crippen molar-refractivity contribution in [2.24, 2.45) is 5.92 Å². The molecule has 1 N–H and O–H groups in total. The molecule has 0 spiro atoms. The van der Waals surface area contributed by atoms with Gasteiger partial charge in [0.25, 0.3) is 5.56 Å². The quantitative estimate of drug-likeness (QED) is 0.683. The molecule has 0 radical (unpaired) electrons. The fraction of sp³-hybridized carbons (Fsp3) is 0.300. The molecule has 140 valence electrons. The zero-order valence-electron chi connectivity index (χ0n) is 15.7. The Kier molecular flexibility index (Phi) is 5.23. The molecule has 3 rings (SSSR count). The summed E-state index contributed by atoms with van der Waals surface area (Å²) >= 11 is 1.48. The summed E-state index contributed by atoms with van der Waals surface area (Å²) in [6.07, 6.45) is 1.43. The molecule has 0 saturated carbocycles. The molecule has 0 atom stereocenters. The number of hydrogen-bond acceptors (Lipinski definition) is 5.